The fourth-order valence-corrected chi connectivity index (χ4v) is 3.80. The van der Waals surface area contributed by atoms with Crippen molar-refractivity contribution in [3.8, 4) is 5.75 Å². The Kier molecular flexibility index (Phi) is 5.85. The monoisotopic (exact) mass is 412 g/mol. The highest BCUT2D eigenvalue weighted by atomic mass is 16.5. The highest BCUT2D eigenvalue weighted by Crippen LogP contribution is 2.37. The third-order valence-electron chi connectivity index (χ3n) is 5.18. The van der Waals surface area contributed by atoms with Gasteiger partial charge in [0.1, 0.15) is 11.4 Å². The zero-order valence-electron chi connectivity index (χ0n) is 17.6. The smallest absolute Gasteiger partial charge is 0.282 e. The Labute approximate surface area is 182 Å². The molecule has 5 nitrogen and oxygen atoms in total. The van der Waals surface area contributed by atoms with Crippen molar-refractivity contribution in [2.24, 2.45) is 0 Å². The van der Waals surface area contributed by atoms with Gasteiger partial charge in [-0.25, -0.2) is 4.90 Å². The maximum atomic E-state index is 13.7. The van der Waals surface area contributed by atoms with Crippen LogP contribution in [0.5, 0.6) is 5.75 Å². The van der Waals surface area contributed by atoms with Gasteiger partial charge in [-0.2, -0.15) is 0 Å². The molecule has 0 spiro atoms. The number of imide groups is 1. The molecule has 0 saturated heterocycles. The molecule has 1 heterocycles. The number of anilines is 2. The highest BCUT2D eigenvalue weighted by Gasteiger charge is 2.42. The van der Waals surface area contributed by atoms with Crippen LogP contribution in [0.2, 0.25) is 0 Å². The number of benzene rings is 3. The standard InChI is InChI=1S/C26H24N2O3/c1-3-27(20-13-9-6-10-14-20)24-23(19-11-7-5-8-12-19)25(29)28(26(24)30)21-15-17-22(18-16-21)31-4-2/h5-18H,3-4H2,1-2H3. The summed E-state index contributed by atoms with van der Waals surface area (Å²) < 4.78 is 5.50. The Bertz CT molecular complexity index is 1110. The molecule has 4 rings (SSSR count). The van der Waals surface area contributed by atoms with Crippen molar-refractivity contribution in [1.82, 2.24) is 0 Å². The van der Waals surface area contributed by atoms with Crippen LogP contribution in [0.15, 0.2) is 90.6 Å². The van der Waals surface area contributed by atoms with E-state index in [1.807, 2.05) is 79.4 Å². The van der Waals surface area contributed by atoms with Gasteiger partial charge in [0.15, 0.2) is 0 Å². The van der Waals surface area contributed by atoms with E-state index < -0.39 is 0 Å². The molecule has 2 amide bonds. The third-order valence-corrected chi connectivity index (χ3v) is 5.18. The van der Waals surface area contributed by atoms with Crippen LogP contribution in [0.1, 0.15) is 19.4 Å². The summed E-state index contributed by atoms with van der Waals surface area (Å²) in [5.41, 5.74) is 2.90. The molecule has 156 valence electrons. The van der Waals surface area contributed by atoms with E-state index in [-0.39, 0.29) is 11.8 Å². The predicted octanol–water partition coefficient (Wildman–Crippen LogP) is 4.90. The SMILES string of the molecule is CCOc1ccc(N2C(=O)C(c3ccccc3)=C(N(CC)c3ccccc3)C2=O)cc1. The van der Waals surface area contributed by atoms with E-state index in [2.05, 4.69) is 0 Å². The van der Waals surface area contributed by atoms with E-state index in [9.17, 15) is 9.59 Å². The van der Waals surface area contributed by atoms with Crippen LogP contribution in [-0.4, -0.2) is 25.0 Å². The number of hydrogen-bond acceptors (Lipinski definition) is 4. The zero-order valence-corrected chi connectivity index (χ0v) is 17.6. The molecular formula is C26H24N2O3. The molecule has 0 saturated carbocycles. The van der Waals surface area contributed by atoms with E-state index in [0.717, 1.165) is 11.3 Å². The number of carbonyl (C=O) groups is 2. The van der Waals surface area contributed by atoms with Gasteiger partial charge in [0, 0.05) is 12.2 Å². The third kappa shape index (κ3) is 3.82. The van der Waals surface area contributed by atoms with Crippen molar-refractivity contribution in [3.05, 3.63) is 96.2 Å². The molecule has 3 aromatic carbocycles. The van der Waals surface area contributed by atoms with E-state index in [1.165, 1.54) is 4.90 Å². The molecule has 0 radical (unpaired) electrons. The van der Waals surface area contributed by atoms with E-state index in [0.29, 0.717) is 35.9 Å². The second-order valence-electron chi connectivity index (χ2n) is 7.04. The Hall–Kier alpha value is -3.86. The normalized spacial score (nSPS) is 13.7. The fraction of sp³-hybridized carbons (Fsp3) is 0.154. The van der Waals surface area contributed by atoms with Gasteiger partial charge < -0.3 is 9.64 Å². The minimum atomic E-state index is -0.335. The van der Waals surface area contributed by atoms with Gasteiger partial charge >= 0.3 is 0 Å². The zero-order chi connectivity index (χ0) is 21.8. The van der Waals surface area contributed by atoms with Crippen molar-refractivity contribution >= 4 is 28.8 Å². The van der Waals surface area contributed by atoms with E-state index in [1.54, 1.807) is 24.3 Å². The molecule has 0 fully saturated rings. The average Bonchev–Trinajstić information content (AvgIpc) is 3.06. The lowest BCUT2D eigenvalue weighted by Gasteiger charge is -2.25. The number of amides is 2. The molecule has 5 heteroatoms. The molecule has 1 aliphatic rings. The fourth-order valence-electron chi connectivity index (χ4n) is 3.80. The van der Waals surface area contributed by atoms with Gasteiger partial charge in [0.05, 0.1) is 17.9 Å². The average molecular weight is 412 g/mol. The summed E-state index contributed by atoms with van der Waals surface area (Å²) in [6.07, 6.45) is 0. The molecule has 0 bridgehead atoms. The van der Waals surface area contributed by atoms with Crippen molar-refractivity contribution in [3.63, 3.8) is 0 Å². The first-order chi connectivity index (χ1) is 15.2. The molecule has 3 aromatic rings. The van der Waals surface area contributed by atoms with Crippen LogP contribution >= 0.6 is 0 Å². The molecule has 31 heavy (non-hydrogen) atoms. The van der Waals surface area contributed by atoms with Crippen LogP contribution in [0.25, 0.3) is 5.57 Å². The lowest BCUT2D eigenvalue weighted by molar-refractivity contribution is -0.120. The number of likely N-dealkylation sites (N-methyl/N-ethyl adjacent to an activating group) is 1. The molecule has 0 aliphatic carbocycles. The van der Waals surface area contributed by atoms with Crippen LogP contribution in [0.4, 0.5) is 11.4 Å². The minimum absolute atomic E-state index is 0.329. The van der Waals surface area contributed by atoms with Gasteiger partial charge in [-0.05, 0) is 55.8 Å². The Morgan fingerprint density at radius 3 is 1.97 bits per heavy atom. The number of para-hydroxylation sites is 1. The second kappa shape index (κ2) is 8.88. The van der Waals surface area contributed by atoms with Crippen molar-refractivity contribution in [2.75, 3.05) is 23.0 Å². The van der Waals surface area contributed by atoms with Gasteiger partial charge in [-0.1, -0.05) is 48.5 Å². The molecular weight excluding hydrogens is 388 g/mol. The molecule has 1 aliphatic heterocycles. The molecule has 0 N–H and O–H groups in total. The summed E-state index contributed by atoms with van der Waals surface area (Å²) in [6, 6.07) is 26.0. The molecule has 0 aromatic heterocycles. The van der Waals surface area contributed by atoms with Crippen molar-refractivity contribution in [2.45, 2.75) is 13.8 Å². The maximum Gasteiger partial charge on any atom is 0.282 e. The van der Waals surface area contributed by atoms with Gasteiger partial charge in [0.2, 0.25) is 0 Å². The first-order valence-corrected chi connectivity index (χ1v) is 10.4. The summed E-state index contributed by atoms with van der Waals surface area (Å²) in [5.74, 6) is 0.0322. The minimum Gasteiger partial charge on any atom is -0.494 e. The van der Waals surface area contributed by atoms with E-state index in [4.69, 9.17) is 4.74 Å². The summed E-state index contributed by atoms with van der Waals surface area (Å²) >= 11 is 0. The topological polar surface area (TPSA) is 49.9 Å². The first kappa shape index (κ1) is 20.4. The quantitative estimate of drug-likeness (QED) is 0.518. The number of nitrogens with zero attached hydrogens (tertiary/aromatic N) is 2. The Morgan fingerprint density at radius 1 is 0.774 bits per heavy atom. The van der Waals surface area contributed by atoms with Crippen LogP contribution < -0.4 is 14.5 Å². The number of ether oxygens (including phenoxy) is 1. The number of rotatable bonds is 7. The first-order valence-electron chi connectivity index (χ1n) is 10.4. The molecule has 0 atom stereocenters. The van der Waals surface area contributed by atoms with Gasteiger partial charge in [0.25, 0.3) is 11.8 Å². The van der Waals surface area contributed by atoms with E-state index >= 15 is 0 Å². The Morgan fingerprint density at radius 2 is 1.39 bits per heavy atom. The second-order valence-corrected chi connectivity index (χ2v) is 7.04. The largest absolute Gasteiger partial charge is 0.494 e. The van der Waals surface area contributed by atoms with Crippen molar-refractivity contribution in [1.29, 1.82) is 0 Å². The van der Waals surface area contributed by atoms with Crippen LogP contribution in [0.3, 0.4) is 0 Å². The summed E-state index contributed by atoms with van der Waals surface area (Å²) in [6.45, 7) is 4.98. The summed E-state index contributed by atoms with van der Waals surface area (Å²) in [7, 11) is 0. The predicted molar refractivity (Wildman–Crippen MR) is 123 cm³/mol. The summed E-state index contributed by atoms with van der Waals surface area (Å²) in [5, 5.41) is 0. The summed E-state index contributed by atoms with van der Waals surface area (Å²) in [4.78, 5) is 30.4. The lowest BCUT2D eigenvalue weighted by Crippen LogP contribution is -2.35. The lowest BCUT2D eigenvalue weighted by atomic mass is 10.0. The van der Waals surface area contributed by atoms with Gasteiger partial charge in [-0.15, -0.1) is 0 Å². The highest BCUT2D eigenvalue weighted by molar-refractivity contribution is 6.46. The number of hydrogen-bond donors (Lipinski definition) is 0. The number of carbonyl (C=O) groups excluding carboxylic acids is 2. The van der Waals surface area contributed by atoms with Crippen LogP contribution in [0, 0.1) is 0 Å². The molecule has 0 unspecified atom stereocenters. The Balaban J connectivity index is 1.83. The van der Waals surface area contributed by atoms with Crippen molar-refractivity contribution < 1.29 is 14.3 Å². The maximum absolute atomic E-state index is 13.7. The van der Waals surface area contributed by atoms with Gasteiger partial charge in [-0.3, -0.25) is 9.59 Å². The van der Waals surface area contributed by atoms with Crippen LogP contribution in [-0.2, 0) is 9.59 Å².